The highest BCUT2D eigenvalue weighted by Gasteiger charge is 2.32. The maximum Gasteiger partial charge on any atom is 0.416 e. The van der Waals surface area contributed by atoms with Crippen molar-refractivity contribution in [3.63, 3.8) is 0 Å². The molecule has 0 fully saturated rings. The molecule has 0 amide bonds. The number of carbonyl (C=O) groups excluding carboxylic acids is 1. The highest BCUT2D eigenvalue weighted by Crippen LogP contribution is 2.37. The summed E-state index contributed by atoms with van der Waals surface area (Å²) in [5.41, 5.74) is 0.373. The lowest BCUT2D eigenvalue weighted by Gasteiger charge is -2.13. The van der Waals surface area contributed by atoms with Crippen molar-refractivity contribution in [2.75, 3.05) is 0 Å². The van der Waals surface area contributed by atoms with Gasteiger partial charge in [0, 0.05) is 18.0 Å². The Balaban J connectivity index is 2.60. The number of hydrogen-bond donors (Lipinski definition) is 0. The molecule has 0 radical (unpaired) electrons. The van der Waals surface area contributed by atoms with Gasteiger partial charge in [0.1, 0.15) is 0 Å². The molecule has 0 spiro atoms. The van der Waals surface area contributed by atoms with Crippen molar-refractivity contribution >= 4 is 29.5 Å². The summed E-state index contributed by atoms with van der Waals surface area (Å²) in [5.74, 6) is 0. The summed E-state index contributed by atoms with van der Waals surface area (Å²) in [5, 5.41) is -0.283. The summed E-state index contributed by atoms with van der Waals surface area (Å²) in [6.45, 7) is 1.70. The van der Waals surface area contributed by atoms with E-state index in [1.54, 1.807) is 13.1 Å². The average molecular weight is 322 g/mol. The van der Waals surface area contributed by atoms with E-state index in [0.717, 1.165) is 12.1 Å². The molecule has 2 aromatic rings. The minimum absolute atomic E-state index is 0.141. The van der Waals surface area contributed by atoms with Crippen molar-refractivity contribution in [1.82, 2.24) is 4.57 Å². The summed E-state index contributed by atoms with van der Waals surface area (Å²) in [6, 6.07) is 1.61. The second-order valence-corrected chi connectivity index (χ2v) is 5.02. The fourth-order valence-corrected chi connectivity index (χ4v) is 2.48. The van der Waals surface area contributed by atoms with Gasteiger partial charge in [-0.3, -0.25) is 4.79 Å². The Morgan fingerprint density at radius 3 is 2.10 bits per heavy atom. The van der Waals surface area contributed by atoms with Crippen LogP contribution < -0.4 is 0 Å². The van der Waals surface area contributed by atoms with E-state index in [4.69, 9.17) is 23.2 Å². The van der Waals surface area contributed by atoms with Gasteiger partial charge in [0.15, 0.2) is 6.29 Å². The zero-order chi connectivity index (χ0) is 15.1. The number of halogens is 5. The summed E-state index contributed by atoms with van der Waals surface area (Å²) >= 11 is 11.8. The van der Waals surface area contributed by atoms with Crippen LogP contribution in [0.25, 0.3) is 5.69 Å². The molecule has 106 valence electrons. The Morgan fingerprint density at radius 1 is 1.15 bits per heavy atom. The summed E-state index contributed by atoms with van der Waals surface area (Å²) in [4.78, 5) is 10.8. The van der Waals surface area contributed by atoms with E-state index in [-0.39, 0.29) is 15.7 Å². The second kappa shape index (κ2) is 5.14. The average Bonchev–Trinajstić information content (AvgIpc) is 2.68. The van der Waals surface area contributed by atoms with Crippen LogP contribution in [0, 0.1) is 6.92 Å². The molecule has 0 saturated heterocycles. The minimum Gasteiger partial charge on any atom is -0.320 e. The van der Waals surface area contributed by atoms with Crippen LogP contribution in [0.2, 0.25) is 10.0 Å². The van der Waals surface area contributed by atoms with Gasteiger partial charge in [-0.15, -0.1) is 0 Å². The van der Waals surface area contributed by atoms with Crippen LogP contribution in [0.15, 0.2) is 24.5 Å². The van der Waals surface area contributed by atoms with Crippen LogP contribution in [-0.2, 0) is 6.18 Å². The van der Waals surface area contributed by atoms with Gasteiger partial charge in [-0.2, -0.15) is 13.2 Å². The Morgan fingerprint density at radius 2 is 1.70 bits per heavy atom. The smallest absolute Gasteiger partial charge is 0.320 e. The van der Waals surface area contributed by atoms with E-state index in [1.165, 1.54) is 10.8 Å². The van der Waals surface area contributed by atoms with Crippen LogP contribution in [0.4, 0.5) is 13.2 Å². The molecule has 2 nitrogen and oxygen atoms in total. The van der Waals surface area contributed by atoms with Crippen molar-refractivity contribution < 1.29 is 18.0 Å². The third-order valence-corrected chi connectivity index (χ3v) is 3.37. The SMILES string of the molecule is Cc1cn(-c2c(Cl)cc(C(F)(F)F)cc2Cl)cc1C=O. The van der Waals surface area contributed by atoms with E-state index < -0.39 is 11.7 Å². The predicted molar refractivity (Wildman–Crippen MR) is 70.9 cm³/mol. The standard InChI is InChI=1S/C13H8Cl2F3NO/c1-7-4-19(5-8(7)6-20)12-10(14)2-9(3-11(12)15)13(16,17)18/h2-6H,1H3. The van der Waals surface area contributed by atoms with Crippen molar-refractivity contribution in [3.8, 4) is 5.69 Å². The van der Waals surface area contributed by atoms with E-state index in [0.29, 0.717) is 17.4 Å². The molecule has 20 heavy (non-hydrogen) atoms. The summed E-state index contributed by atoms with van der Waals surface area (Å²) in [7, 11) is 0. The van der Waals surface area contributed by atoms with Crippen LogP contribution in [0.1, 0.15) is 21.5 Å². The Bertz CT molecular complexity index is 654. The minimum atomic E-state index is -4.52. The highest BCUT2D eigenvalue weighted by atomic mass is 35.5. The van der Waals surface area contributed by atoms with E-state index >= 15 is 0 Å². The number of aromatic nitrogens is 1. The number of nitrogens with zero attached hydrogens (tertiary/aromatic N) is 1. The topological polar surface area (TPSA) is 22.0 Å². The lowest BCUT2D eigenvalue weighted by molar-refractivity contribution is -0.137. The van der Waals surface area contributed by atoms with Gasteiger partial charge < -0.3 is 4.57 Å². The first-order valence-corrected chi connectivity index (χ1v) is 6.20. The molecule has 7 heteroatoms. The largest absolute Gasteiger partial charge is 0.416 e. The molecule has 1 heterocycles. The Labute approximate surface area is 122 Å². The maximum atomic E-state index is 12.6. The van der Waals surface area contributed by atoms with Crippen molar-refractivity contribution in [3.05, 3.63) is 51.3 Å². The summed E-state index contributed by atoms with van der Waals surface area (Å²) in [6.07, 6.45) is -0.836. The van der Waals surface area contributed by atoms with Crippen molar-refractivity contribution in [2.24, 2.45) is 0 Å². The van der Waals surface area contributed by atoms with Crippen LogP contribution in [0.3, 0.4) is 0 Å². The highest BCUT2D eigenvalue weighted by molar-refractivity contribution is 6.37. The van der Waals surface area contributed by atoms with Crippen LogP contribution in [0.5, 0.6) is 0 Å². The molecule has 0 bridgehead atoms. The van der Waals surface area contributed by atoms with Gasteiger partial charge >= 0.3 is 6.18 Å². The van der Waals surface area contributed by atoms with Gasteiger partial charge in [0.25, 0.3) is 0 Å². The third kappa shape index (κ3) is 2.69. The molecule has 0 aliphatic heterocycles. The number of benzene rings is 1. The molecule has 0 saturated carbocycles. The molecule has 0 atom stereocenters. The lowest BCUT2D eigenvalue weighted by Crippen LogP contribution is -2.06. The van der Waals surface area contributed by atoms with Gasteiger partial charge in [0.2, 0.25) is 0 Å². The first-order chi connectivity index (χ1) is 9.24. The first kappa shape index (κ1) is 14.9. The van der Waals surface area contributed by atoms with Crippen LogP contribution in [-0.4, -0.2) is 10.9 Å². The molecular weight excluding hydrogens is 314 g/mol. The number of aldehydes is 1. The molecule has 2 rings (SSSR count). The third-order valence-electron chi connectivity index (χ3n) is 2.80. The molecule has 0 unspecified atom stereocenters. The van der Waals surface area contributed by atoms with Gasteiger partial charge in [0.05, 0.1) is 21.3 Å². The van der Waals surface area contributed by atoms with E-state index in [9.17, 15) is 18.0 Å². The molecule has 0 aliphatic rings. The lowest BCUT2D eigenvalue weighted by atomic mass is 10.2. The number of alkyl halides is 3. The van der Waals surface area contributed by atoms with Gasteiger partial charge in [-0.25, -0.2) is 0 Å². The van der Waals surface area contributed by atoms with Crippen molar-refractivity contribution in [1.29, 1.82) is 0 Å². The molecule has 0 N–H and O–H groups in total. The fraction of sp³-hybridized carbons (Fsp3) is 0.154. The number of hydrogen-bond acceptors (Lipinski definition) is 1. The molecule has 1 aromatic carbocycles. The predicted octanol–water partition coefficient (Wildman–Crippen LogP) is 4.92. The zero-order valence-electron chi connectivity index (χ0n) is 10.1. The van der Waals surface area contributed by atoms with E-state index in [2.05, 4.69) is 0 Å². The second-order valence-electron chi connectivity index (χ2n) is 4.21. The fourth-order valence-electron chi connectivity index (χ4n) is 1.80. The maximum absolute atomic E-state index is 12.6. The summed E-state index contributed by atoms with van der Waals surface area (Å²) < 4.78 is 39.3. The van der Waals surface area contributed by atoms with Crippen molar-refractivity contribution in [2.45, 2.75) is 13.1 Å². The number of aryl methyl sites for hydroxylation is 1. The normalized spacial score (nSPS) is 11.7. The molecule has 0 aliphatic carbocycles. The monoisotopic (exact) mass is 321 g/mol. The van der Waals surface area contributed by atoms with Crippen LogP contribution >= 0.6 is 23.2 Å². The van der Waals surface area contributed by atoms with Gasteiger partial charge in [-0.05, 0) is 24.6 Å². The molecular formula is C13H8Cl2F3NO. The first-order valence-electron chi connectivity index (χ1n) is 5.44. The Kier molecular flexibility index (Phi) is 3.84. The number of rotatable bonds is 2. The Hall–Kier alpha value is -1.46. The zero-order valence-corrected chi connectivity index (χ0v) is 11.6. The molecule has 1 aromatic heterocycles. The van der Waals surface area contributed by atoms with E-state index in [1.807, 2.05) is 0 Å². The van der Waals surface area contributed by atoms with Gasteiger partial charge in [-0.1, -0.05) is 23.2 Å². The quantitative estimate of drug-likeness (QED) is 0.719. The number of carbonyl (C=O) groups is 1.